The predicted molar refractivity (Wildman–Crippen MR) is 135 cm³/mol. The molecule has 3 aromatic rings. The Balaban J connectivity index is 2.10. The quantitative estimate of drug-likeness (QED) is 0.333. The van der Waals surface area contributed by atoms with E-state index in [1.165, 1.54) is 5.56 Å². The molecule has 31 heavy (non-hydrogen) atoms. The summed E-state index contributed by atoms with van der Waals surface area (Å²) in [7, 11) is 3.55. The van der Waals surface area contributed by atoms with Gasteiger partial charge >= 0.3 is 0 Å². The Kier molecular flexibility index (Phi) is 5.75. The molecule has 0 saturated heterocycles. The Morgan fingerprint density at radius 3 is 1.71 bits per heavy atom. The Labute approximate surface area is 202 Å². The lowest BCUT2D eigenvalue weighted by atomic mass is 9.63. The van der Waals surface area contributed by atoms with Crippen LogP contribution in [0.4, 0.5) is 0 Å². The lowest BCUT2D eigenvalue weighted by Gasteiger charge is -2.52. The van der Waals surface area contributed by atoms with Gasteiger partial charge in [-0.2, -0.15) is 0 Å². The molecule has 4 rings (SSSR count). The lowest BCUT2D eigenvalue weighted by molar-refractivity contribution is -0.168. The van der Waals surface area contributed by atoms with E-state index in [1.807, 2.05) is 0 Å². The van der Waals surface area contributed by atoms with Crippen LogP contribution in [0.5, 0.6) is 0 Å². The maximum atomic E-state index is 6.51. The number of fused-ring (bicyclic) bond motifs is 3. The van der Waals surface area contributed by atoms with Gasteiger partial charge in [-0.3, -0.25) is 0 Å². The number of halogens is 2. The van der Waals surface area contributed by atoms with Crippen LogP contribution in [0.3, 0.4) is 0 Å². The summed E-state index contributed by atoms with van der Waals surface area (Å²) in [5.41, 5.74) is 5.36. The van der Waals surface area contributed by atoms with Gasteiger partial charge in [-0.25, -0.2) is 0 Å². The molecule has 0 aromatic heterocycles. The van der Waals surface area contributed by atoms with Gasteiger partial charge in [0.25, 0.3) is 0 Å². The van der Waals surface area contributed by atoms with Crippen LogP contribution in [-0.2, 0) is 26.1 Å². The van der Waals surface area contributed by atoms with Crippen LogP contribution in [0.25, 0.3) is 11.1 Å². The third kappa shape index (κ3) is 3.34. The lowest BCUT2D eigenvalue weighted by Crippen LogP contribution is -2.53. The van der Waals surface area contributed by atoms with Crippen molar-refractivity contribution in [1.29, 1.82) is 0 Å². The second kappa shape index (κ2) is 7.84. The average Bonchev–Trinajstić information content (AvgIpc) is 2.74. The normalized spacial score (nSPS) is 22.7. The van der Waals surface area contributed by atoms with Crippen molar-refractivity contribution in [3.8, 4) is 11.1 Å². The molecule has 2 atom stereocenters. The highest BCUT2D eigenvalue weighted by atomic mass is 79.9. The first-order valence-electron chi connectivity index (χ1n) is 10.4. The van der Waals surface area contributed by atoms with Crippen molar-refractivity contribution in [2.24, 2.45) is 0 Å². The zero-order valence-electron chi connectivity index (χ0n) is 18.8. The number of hydrogen-bond donors (Lipinski definition) is 0. The van der Waals surface area contributed by atoms with Gasteiger partial charge in [0.2, 0.25) is 0 Å². The summed E-state index contributed by atoms with van der Waals surface area (Å²) in [4.78, 5) is 0. The second-order valence-electron chi connectivity index (χ2n) is 9.33. The van der Waals surface area contributed by atoms with E-state index in [1.54, 1.807) is 14.2 Å². The van der Waals surface area contributed by atoms with Crippen LogP contribution in [0.15, 0.2) is 69.6 Å². The van der Waals surface area contributed by atoms with Crippen LogP contribution in [0.1, 0.15) is 49.9 Å². The third-order valence-electron chi connectivity index (χ3n) is 6.69. The summed E-state index contributed by atoms with van der Waals surface area (Å²) in [6, 6.07) is 21.6. The number of benzene rings is 3. The smallest absolute Gasteiger partial charge is 0.151 e. The first-order valence-corrected chi connectivity index (χ1v) is 12.0. The Bertz CT molecular complexity index is 1130. The molecule has 1 aliphatic carbocycles. The van der Waals surface area contributed by atoms with Crippen molar-refractivity contribution in [2.75, 3.05) is 14.2 Å². The summed E-state index contributed by atoms with van der Waals surface area (Å²) in [5.74, 6) is 0. The zero-order valence-corrected chi connectivity index (χ0v) is 22.0. The molecule has 3 aromatic carbocycles. The van der Waals surface area contributed by atoms with E-state index in [0.717, 1.165) is 36.8 Å². The van der Waals surface area contributed by atoms with Crippen molar-refractivity contribution in [3.05, 3.63) is 91.9 Å². The van der Waals surface area contributed by atoms with Crippen LogP contribution in [0, 0.1) is 0 Å². The molecular formula is C27H28Br2O2. The standard InChI is InChI=1S/C27H28Br2O2/c1-25(2,3)17-7-9-18(10-8-17)27(31-6)24-16-20(29)12-14-22(24)21-13-11-19(28)15-23(21)26(27,4)30-5/h7-16H,1-6H3. The van der Waals surface area contributed by atoms with Gasteiger partial charge < -0.3 is 9.47 Å². The van der Waals surface area contributed by atoms with Crippen molar-refractivity contribution in [1.82, 2.24) is 0 Å². The van der Waals surface area contributed by atoms with Gasteiger partial charge in [0.1, 0.15) is 5.60 Å². The summed E-state index contributed by atoms with van der Waals surface area (Å²) in [6.07, 6.45) is 0. The van der Waals surface area contributed by atoms with Crippen LogP contribution in [0.2, 0.25) is 0 Å². The topological polar surface area (TPSA) is 18.5 Å². The predicted octanol–water partition coefficient (Wildman–Crippen LogP) is 7.94. The van der Waals surface area contributed by atoms with Gasteiger partial charge in [0, 0.05) is 28.7 Å². The Morgan fingerprint density at radius 1 is 0.710 bits per heavy atom. The van der Waals surface area contributed by atoms with E-state index in [4.69, 9.17) is 9.47 Å². The number of methoxy groups -OCH3 is 2. The fraction of sp³-hybridized carbons (Fsp3) is 0.333. The maximum Gasteiger partial charge on any atom is 0.151 e. The highest BCUT2D eigenvalue weighted by Crippen LogP contribution is 2.58. The Morgan fingerprint density at radius 2 is 1.23 bits per heavy atom. The van der Waals surface area contributed by atoms with Crippen molar-refractivity contribution in [3.63, 3.8) is 0 Å². The van der Waals surface area contributed by atoms with Crippen LogP contribution in [-0.4, -0.2) is 14.2 Å². The Hall–Kier alpha value is -1.46. The van der Waals surface area contributed by atoms with Crippen molar-refractivity contribution in [2.45, 2.75) is 44.3 Å². The molecule has 0 N–H and O–H groups in total. The number of ether oxygens (including phenoxy) is 2. The molecule has 0 fully saturated rings. The summed E-state index contributed by atoms with van der Waals surface area (Å²) < 4.78 is 14.9. The molecule has 0 spiro atoms. The minimum Gasteiger partial charge on any atom is -0.370 e. The van der Waals surface area contributed by atoms with E-state index in [-0.39, 0.29) is 5.41 Å². The van der Waals surface area contributed by atoms with E-state index < -0.39 is 11.2 Å². The van der Waals surface area contributed by atoms with Crippen LogP contribution >= 0.6 is 31.9 Å². The van der Waals surface area contributed by atoms with Crippen molar-refractivity contribution < 1.29 is 9.47 Å². The molecule has 2 unspecified atom stereocenters. The number of rotatable bonds is 3. The molecule has 0 heterocycles. The highest BCUT2D eigenvalue weighted by Gasteiger charge is 2.57. The van der Waals surface area contributed by atoms with Gasteiger partial charge in [-0.05, 0) is 64.4 Å². The SMILES string of the molecule is COC1(C)c2cc(Br)ccc2-c2ccc(Br)cc2C1(OC)c1ccc(C(C)(C)C)cc1. The van der Waals surface area contributed by atoms with E-state index in [0.29, 0.717) is 0 Å². The van der Waals surface area contributed by atoms with E-state index in [9.17, 15) is 0 Å². The first kappa shape index (κ1) is 22.7. The van der Waals surface area contributed by atoms with Gasteiger partial charge in [-0.15, -0.1) is 0 Å². The molecular weight excluding hydrogens is 516 g/mol. The average molecular weight is 544 g/mol. The van der Waals surface area contributed by atoms with Gasteiger partial charge in [-0.1, -0.05) is 89.0 Å². The second-order valence-corrected chi connectivity index (χ2v) is 11.2. The van der Waals surface area contributed by atoms with Crippen LogP contribution < -0.4 is 0 Å². The monoisotopic (exact) mass is 542 g/mol. The summed E-state index contributed by atoms with van der Waals surface area (Å²) in [5, 5.41) is 0. The largest absolute Gasteiger partial charge is 0.370 e. The summed E-state index contributed by atoms with van der Waals surface area (Å²) in [6.45, 7) is 8.82. The molecule has 0 amide bonds. The molecule has 162 valence electrons. The molecule has 0 aliphatic heterocycles. The third-order valence-corrected chi connectivity index (χ3v) is 7.68. The number of hydrogen-bond acceptors (Lipinski definition) is 2. The molecule has 0 bridgehead atoms. The minimum absolute atomic E-state index is 0.0777. The fourth-order valence-electron chi connectivity index (χ4n) is 4.95. The fourth-order valence-corrected chi connectivity index (χ4v) is 5.67. The van der Waals surface area contributed by atoms with Gasteiger partial charge in [0.15, 0.2) is 5.60 Å². The molecule has 0 saturated carbocycles. The summed E-state index contributed by atoms with van der Waals surface area (Å²) >= 11 is 7.35. The highest BCUT2D eigenvalue weighted by molar-refractivity contribution is 9.10. The first-order chi connectivity index (χ1) is 14.6. The molecule has 2 nitrogen and oxygen atoms in total. The minimum atomic E-state index is -0.828. The molecule has 4 heteroatoms. The van der Waals surface area contributed by atoms with Gasteiger partial charge in [0.05, 0.1) is 0 Å². The molecule has 1 aliphatic rings. The molecule has 0 radical (unpaired) electrons. The maximum absolute atomic E-state index is 6.51. The van der Waals surface area contributed by atoms with E-state index >= 15 is 0 Å². The van der Waals surface area contributed by atoms with Crippen molar-refractivity contribution >= 4 is 31.9 Å². The van der Waals surface area contributed by atoms with E-state index in [2.05, 4.69) is 120 Å². The zero-order chi connectivity index (χ0) is 22.6.